The number of hydrogen-bond donors (Lipinski definition) is 0. The van der Waals surface area contributed by atoms with Crippen molar-refractivity contribution in [2.24, 2.45) is 0 Å². The van der Waals surface area contributed by atoms with Gasteiger partial charge in [-0.1, -0.05) is 17.7 Å². The molecular weight excluding hydrogens is 182 g/mol. The van der Waals surface area contributed by atoms with Gasteiger partial charge in [-0.25, -0.2) is 0 Å². The number of likely N-dealkylation sites (N-methyl/N-ethyl adjacent to an activating group) is 1. The summed E-state index contributed by atoms with van der Waals surface area (Å²) in [6, 6.07) is 4.74. The van der Waals surface area contributed by atoms with Gasteiger partial charge in [0.05, 0.1) is 0 Å². The molecule has 1 heterocycles. The van der Waals surface area contributed by atoms with E-state index in [0.29, 0.717) is 5.41 Å². The highest BCUT2D eigenvalue weighted by molar-refractivity contribution is 5.48. The average molecular weight is 201 g/mol. The largest absolute Gasteiger partial charge is 0.301 e. The Labute approximate surface area is 92.1 Å². The summed E-state index contributed by atoms with van der Waals surface area (Å²) >= 11 is 0. The van der Waals surface area contributed by atoms with Crippen molar-refractivity contribution in [2.75, 3.05) is 13.6 Å². The maximum absolute atomic E-state index is 2.48. The Hall–Kier alpha value is -0.820. The Bertz CT molecular complexity index is 416. The van der Waals surface area contributed by atoms with E-state index in [2.05, 4.69) is 37.9 Å². The molecule has 1 aromatic carbocycles. The summed E-state index contributed by atoms with van der Waals surface area (Å²) in [6.45, 7) is 6.90. The van der Waals surface area contributed by atoms with Gasteiger partial charge in [0.1, 0.15) is 0 Å². The molecule has 1 aliphatic heterocycles. The number of benzene rings is 1. The normalized spacial score (nSPS) is 22.9. The lowest BCUT2D eigenvalue weighted by molar-refractivity contribution is 0.270. The summed E-state index contributed by atoms with van der Waals surface area (Å²) in [6.07, 6.45) is 2.79. The molecule has 15 heavy (non-hydrogen) atoms. The fourth-order valence-electron chi connectivity index (χ4n) is 3.44. The van der Waals surface area contributed by atoms with Crippen LogP contribution in [0, 0.1) is 13.8 Å². The highest BCUT2D eigenvalue weighted by Gasteiger charge is 2.49. The molecular formula is C14H19N. The third-order valence-corrected chi connectivity index (χ3v) is 3.96. The lowest BCUT2D eigenvalue weighted by Gasteiger charge is -2.34. The Kier molecular flexibility index (Phi) is 1.79. The maximum Gasteiger partial charge on any atom is 0.0234 e. The van der Waals surface area contributed by atoms with Gasteiger partial charge in [-0.2, -0.15) is 0 Å². The first-order chi connectivity index (χ1) is 7.11. The number of fused-ring (bicyclic) bond motifs is 2. The molecule has 0 amide bonds. The molecule has 3 rings (SSSR count). The second-order valence-corrected chi connectivity index (χ2v) is 5.57. The minimum atomic E-state index is 0.542. The molecule has 0 atom stereocenters. The zero-order valence-electron chi connectivity index (χ0n) is 9.93. The minimum absolute atomic E-state index is 0.542. The summed E-state index contributed by atoms with van der Waals surface area (Å²) in [7, 11) is 2.25. The van der Waals surface area contributed by atoms with Crippen LogP contribution in [0.15, 0.2) is 12.1 Å². The van der Waals surface area contributed by atoms with Crippen molar-refractivity contribution in [2.45, 2.75) is 38.6 Å². The van der Waals surface area contributed by atoms with Crippen LogP contribution in [0.3, 0.4) is 0 Å². The summed E-state index contributed by atoms with van der Waals surface area (Å²) < 4.78 is 0. The number of hydrogen-bond acceptors (Lipinski definition) is 1. The van der Waals surface area contributed by atoms with Gasteiger partial charge in [0.15, 0.2) is 0 Å². The number of rotatable bonds is 0. The lowest BCUT2D eigenvalue weighted by atomic mass is 9.83. The van der Waals surface area contributed by atoms with Crippen LogP contribution in [-0.4, -0.2) is 18.5 Å². The van der Waals surface area contributed by atoms with E-state index in [-0.39, 0.29) is 0 Å². The van der Waals surface area contributed by atoms with E-state index in [9.17, 15) is 0 Å². The first-order valence-corrected chi connectivity index (χ1v) is 5.90. The minimum Gasteiger partial charge on any atom is -0.301 e. The van der Waals surface area contributed by atoms with E-state index in [1.165, 1.54) is 30.5 Å². The van der Waals surface area contributed by atoms with Crippen molar-refractivity contribution in [3.63, 3.8) is 0 Å². The fourth-order valence-corrected chi connectivity index (χ4v) is 3.44. The molecule has 0 saturated heterocycles. The zero-order valence-corrected chi connectivity index (χ0v) is 9.93. The van der Waals surface area contributed by atoms with Crippen molar-refractivity contribution in [3.8, 4) is 0 Å². The first-order valence-electron chi connectivity index (χ1n) is 5.90. The molecule has 0 unspecified atom stereocenters. The van der Waals surface area contributed by atoms with Crippen LogP contribution < -0.4 is 0 Å². The summed E-state index contributed by atoms with van der Waals surface area (Å²) in [5.74, 6) is 0. The molecule has 1 heteroatoms. The van der Waals surface area contributed by atoms with Gasteiger partial charge >= 0.3 is 0 Å². The summed E-state index contributed by atoms with van der Waals surface area (Å²) in [5, 5.41) is 0. The third kappa shape index (κ3) is 1.33. The molecule has 0 radical (unpaired) electrons. The highest BCUT2D eigenvalue weighted by Crippen LogP contribution is 2.53. The highest BCUT2D eigenvalue weighted by atomic mass is 15.1. The van der Waals surface area contributed by atoms with Crippen LogP contribution in [0.4, 0.5) is 0 Å². The van der Waals surface area contributed by atoms with Crippen LogP contribution in [0.5, 0.6) is 0 Å². The fraction of sp³-hybridized carbons (Fsp3) is 0.571. The second-order valence-electron chi connectivity index (χ2n) is 5.57. The van der Waals surface area contributed by atoms with Crippen LogP contribution >= 0.6 is 0 Å². The van der Waals surface area contributed by atoms with Crippen LogP contribution in [0.2, 0.25) is 0 Å². The molecule has 1 fully saturated rings. The van der Waals surface area contributed by atoms with E-state index in [1.807, 2.05) is 0 Å². The van der Waals surface area contributed by atoms with Crippen molar-refractivity contribution in [1.82, 2.24) is 4.90 Å². The van der Waals surface area contributed by atoms with Gasteiger partial charge in [-0.15, -0.1) is 0 Å². The topological polar surface area (TPSA) is 3.24 Å². The van der Waals surface area contributed by atoms with Gasteiger partial charge in [-0.3, -0.25) is 0 Å². The van der Waals surface area contributed by atoms with Crippen molar-refractivity contribution in [3.05, 3.63) is 34.4 Å². The molecule has 0 aromatic heterocycles. The molecule has 0 bridgehead atoms. The quantitative estimate of drug-likeness (QED) is 0.624. The molecule has 0 N–H and O–H groups in total. The van der Waals surface area contributed by atoms with Gasteiger partial charge in [0.2, 0.25) is 0 Å². The molecule has 2 aliphatic rings. The molecule has 1 aromatic rings. The average Bonchev–Trinajstić information content (AvgIpc) is 2.81. The van der Waals surface area contributed by atoms with E-state index in [0.717, 1.165) is 6.54 Å². The van der Waals surface area contributed by atoms with Crippen LogP contribution in [0.25, 0.3) is 0 Å². The monoisotopic (exact) mass is 201 g/mol. The van der Waals surface area contributed by atoms with Crippen LogP contribution in [0.1, 0.15) is 35.1 Å². The SMILES string of the molecule is Cc1cc(C)c2c(c1)CN(C)CC21CC1. The molecule has 1 nitrogen and oxygen atoms in total. The predicted octanol–water partition coefficient (Wildman–Crippen LogP) is 2.78. The van der Waals surface area contributed by atoms with Crippen molar-refractivity contribution >= 4 is 0 Å². The molecule has 1 aliphatic carbocycles. The Balaban J connectivity index is 2.19. The van der Waals surface area contributed by atoms with Crippen LogP contribution in [-0.2, 0) is 12.0 Å². The Morgan fingerprint density at radius 3 is 2.60 bits per heavy atom. The predicted molar refractivity (Wildman–Crippen MR) is 63.2 cm³/mol. The summed E-state index contributed by atoms with van der Waals surface area (Å²) in [5.41, 5.74) is 6.75. The van der Waals surface area contributed by atoms with Gasteiger partial charge < -0.3 is 4.90 Å². The Morgan fingerprint density at radius 1 is 1.20 bits per heavy atom. The van der Waals surface area contributed by atoms with Gasteiger partial charge in [0, 0.05) is 18.5 Å². The van der Waals surface area contributed by atoms with E-state index < -0.39 is 0 Å². The lowest BCUT2D eigenvalue weighted by Crippen LogP contribution is -2.35. The van der Waals surface area contributed by atoms with Crippen molar-refractivity contribution in [1.29, 1.82) is 0 Å². The Morgan fingerprint density at radius 2 is 1.93 bits per heavy atom. The van der Waals surface area contributed by atoms with E-state index in [1.54, 1.807) is 11.1 Å². The van der Waals surface area contributed by atoms with E-state index >= 15 is 0 Å². The van der Waals surface area contributed by atoms with E-state index in [4.69, 9.17) is 0 Å². The van der Waals surface area contributed by atoms with Gasteiger partial charge in [0.25, 0.3) is 0 Å². The van der Waals surface area contributed by atoms with Gasteiger partial charge in [-0.05, 0) is 50.4 Å². The first kappa shape index (κ1) is 9.41. The maximum atomic E-state index is 2.48. The second kappa shape index (κ2) is 2.85. The molecule has 1 saturated carbocycles. The summed E-state index contributed by atoms with van der Waals surface area (Å²) in [4.78, 5) is 2.48. The number of aryl methyl sites for hydroxylation is 2. The zero-order chi connectivity index (χ0) is 10.6. The molecule has 80 valence electrons. The third-order valence-electron chi connectivity index (χ3n) is 3.96. The smallest absolute Gasteiger partial charge is 0.0234 e. The number of nitrogens with zero attached hydrogens (tertiary/aromatic N) is 1. The molecule has 1 spiro atoms. The van der Waals surface area contributed by atoms with Crippen molar-refractivity contribution < 1.29 is 0 Å². The standard InChI is InChI=1S/C14H19N/c1-10-6-11(2)13-12(7-10)8-15(3)9-14(13)4-5-14/h6-7H,4-5,8-9H2,1-3H3.